The van der Waals surface area contributed by atoms with E-state index in [0.717, 1.165) is 4.90 Å². The van der Waals surface area contributed by atoms with E-state index in [2.05, 4.69) is 15.2 Å². The average molecular weight is 329 g/mol. The maximum atomic E-state index is 14.0. The summed E-state index contributed by atoms with van der Waals surface area (Å²) in [4.78, 5) is 16.2. The number of amides is 1. The van der Waals surface area contributed by atoms with E-state index < -0.39 is 24.1 Å². The van der Waals surface area contributed by atoms with Crippen molar-refractivity contribution in [3.05, 3.63) is 34.9 Å². The van der Waals surface area contributed by atoms with Gasteiger partial charge in [0.15, 0.2) is 11.6 Å². The fourth-order valence-corrected chi connectivity index (χ4v) is 2.65. The molecule has 0 saturated carbocycles. The molecule has 9 heteroatoms. The maximum Gasteiger partial charge on any atom is 0.408 e. The van der Waals surface area contributed by atoms with Crippen LogP contribution in [0.15, 0.2) is 18.2 Å². The molecule has 0 unspecified atom stereocenters. The zero-order valence-corrected chi connectivity index (χ0v) is 11.9. The minimum atomic E-state index is -1.27. The highest BCUT2D eigenvalue weighted by Gasteiger charge is 2.38. The molecule has 0 radical (unpaired) electrons. The first-order valence-corrected chi connectivity index (χ1v) is 6.85. The molecule has 2 atom stereocenters. The molecule has 1 amide bonds. The number of likely N-dealkylation sites (tertiary alicyclic amines) is 1. The third kappa shape index (κ3) is 2.50. The highest BCUT2D eigenvalue weighted by Crippen LogP contribution is 2.33. The van der Waals surface area contributed by atoms with Crippen LogP contribution in [0.2, 0.25) is 5.02 Å². The first-order chi connectivity index (χ1) is 10.5. The van der Waals surface area contributed by atoms with Gasteiger partial charge in [0.25, 0.3) is 0 Å². The summed E-state index contributed by atoms with van der Waals surface area (Å²) in [5.41, 5.74) is 0.0895. The Kier molecular flexibility index (Phi) is 3.69. The minimum Gasteiger partial charge on any atom is -0.465 e. The predicted octanol–water partition coefficient (Wildman–Crippen LogP) is 3.03. The van der Waals surface area contributed by atoms with E-state index in [1.165, 1.54) is 12.1 Å². The van der Waals surface area contributed by atoms with Crippen LogP contribution in [-0.2, 0) is 0 Å². The normalized spacial score (nSPS) is 21.3. The molecule has 22 heavy (non-hydrogen) atoms. The Balaban J connectivity index is 1.94. The molecule has 1 aromatic carbocycles. The summed E-state index contributed by atoms with van der Waals surface area (Å²) in [6, 6.07) is 3.63. The second-order valence-electron chi connectivity index (χ2n) is 4.93. The van der Waals surface area contributed by atoms with Crippen molar-refractivity contribution in [2.75, 3.05) is 6.54 Å². The lowest BCUT2D eigenvalue weighted by atomic mass is 10.2. The molecule has 2 N–H and O–H groups in total. The number of hydrogen-bond donors (Lipinski definition) is 2. The van der Waals surface area contributed by atoms with Gasteiger partial charge in [-0.1, -0.05) is 17.7 Å². The van der Waals surface area contributed by atoms with Gasteiger partial charge in [-0.2, -0.15) is 5.10 Å². The molecule has 0 spiro atoms. The number of aromatic amines is 1. The van der Waals surface area contributed by atoms with Gasteiger partial charge in [0.1, 0.15) is 12.0 Å². The molecule has 1 saturated heterocycles. The van der Waals surface area contributed by atoms with Gasteiger partial charge in [-0.25, -0.2) is 18.6 Å². The Morgan fingerprint density at radius 3 is 3.00 bits per heavy atom. The molecule has 1 aromatic heterocycles. The Morgan fingerprint density at radius 2 is 2.27 bits per heavy atom. The third-order valence-corrected chi connectivity index (χ3v) is 3.80. The number of aromatic nitrogens is 3. The fraction of sp³-hybridized carbons (Fsp3) is 0.308. The van der Waals surface area contributed by atoms with E-state index in [0.29, 0.717) is 0 Å². The number of carboxylic acid groups (broad SMARTS) is 1. The zero-order chi connectivity index (χ0) is 15.9. The van der Waals surface area contributed by atoms with Crippen LogP contribution in [0.5, 0.6) is 0 Å². The summed E-state index contributed by atoms with van der Waals surface area (Å²) in [7, 11) is 0. The fourth-order valence-electron chi connectivity index (χ4n) is 2.48. The molecule has 2 aromatic rings. The molecule has 1 aliphatic rings. The summed E-state index contributed by atoms with van der Waals surface area (Å²) in [5, 5.41) is 15.4. The zero-order valence-electron chi connectivity index (χ0n) is 11.1. The standard InChI is InChI=1S/C13H11ClF2N4O2/c14-8-3-1-2-7(10(8)16)11-17-12(19-18-11)9-4-6(15)5-20(9)13(21)22/h1-3,6,9H,4-5H2,(H,21,22)(H,17,18,19)/t6-,9-/m1/s1. The van der Waals surface area contributed by atoms with Crippen molar-refractivity contribution in [3.63, 3.8) is 0 Å². The Morgan fingerprint density at radius 1 is 1.50 bits per heavy atom. The SMILES string of the molecule is O=C(O)N1C[C@H](F)C[C@@H]1c1nc(-c2cccc(Cl)c2F)n[nH]1. The lowest BCUT2D eigenvalue weighted by molar-refractivity contribution is 0.136. The highest BCUT2D eigenvalue weighted by atomic mass is 35.5. The molecular formula is C13H11ClF2N4O2. The number of halogens is 3. The molecule has 2 heterocycles. The van der Waals surface area contributed by atoms with Crippen LogP contribution >= 0.6 is 11.6 Å². The number of alkyl halides is 1. The van der Waals surface area contributed by atoms with Crippen molar-refractivity contribution in [2.45, 2.75) is 18.6 Å². The smallest absolute Gasteiger partial charge is 0.408 e. The van der Waals surface area contributed by atoms with Crippen LogP contribution in [0.25, 0.3) is 11.4 Å². The Hall–Kier alpha value is -2.22. The number of hydrogen-bond acceptors (Lipinski definition) is 3. The van der Waals surface area contributed by atoms with Gasteiger partial charge >= 0.3 is 6.09 Å². The van der Waals surface area contributed by atoms with E-state index in [9.17, 15) is 13.6 Å². The Labute approximate surface area is 128 Å². The van der Waals surface area contributed by atoms with Crippen LogP contribution < -0.4 is 0 Å². The van der Waals surface area contributed by atoms with Crippen molar-refractivity contribution < 1.29 is 18.7 Å². The summed E-state index contributed by atoms with van der Waals surface area (Å²) in [5.74, 6) is -0.445. The van der Waals surface area contributed by atoms with Gasteiger partial charge in [-0.3, -0.25) is 10.00 Å². The predicted molar refractivity (Wildman–Crippen MR) is 73.8 cm³/mol. The number of rotatable bonds is 2. The summed E-state index contributed by atoms with van der Waals surface area (Å²) >= 11 is 5.71. The van der Waals surface area contributed by atoms with Crippen molar-refractivity contribution in [3.8, 4) is 11.4 Å². The number of nitrogens with zero attached hydrogens (tertiary/aromatic N) is 3. The largest absolute Gasteiger partial charge is 0.465 e. The Bertz CT molecular complexity index is 724. The monoisotopic (exact) mass is 328 g/mol. The van der Waals surface area contributed by atoms with Crippen molar-refractivity contribution in [2.24, 2.45) is 0 Å². The third-order valence-electron chi connectivity index (χ3n) is 3.51. The van der Waals surface area contributed by atoms with Crippen molar-refractivity contribution >= 4 is 17.7 Å². The highest BCUT2D eigenvalue weighted by molar-refractivity contribution is 6.31. The van der Waals surface area contributed by atoms with Crippen LogP contribution in [-0.4, -0.2) is 44.0 Å². The molecular weight excluding hydrogens is 318 g/mol. The minimum absolute atomic E-state index is 0.0149. The lowest BCUT2D eigenvalue weighted by Gasteiger charge is -2.18. The molecule has 0 aliphatic carbocycles. The number of nitrogens with one attached hydrogen (secondary N) is 1. The first kappa shape index (κ1) is 14.7. The van der Waals surface area contributed by atoms with E-state index in [-0.39, 0.29) is 35.2 Å². The number of benzene rings is 1. The summed E-state index contributed by atoms with van der Waals surface area (Å²) in [6.07, 6.45) is -2.52. The second kappa shape index (κ2) is 5.53. The molecule has 116 valence electrons. The van der Waals surface area contributed by atoms with Crippen LogP contribution in [0.4, 0.5) is 13.6 Å². The second-order valence-corrected chi connectivity index (χ2v) is 5.34. The molecule has 0 bridgehead atoms. The number of carbonyl (C=O) groups is 1. The maximum absolute atomic E-state index is 14.0. The lowest BCUT2D eigenvalue weighted by Crippen LogP contribution is -2.30. The van der Waals surface area contributed by atoms with E-state index in [1.54, 1.807) is 6.07 Å². The average Bonchev–Trinajstić information content (AvgIpc) is 3.08. The van der Waals surface area contributed by atoms with Crippen molar-refractivity contribution in [1.29, 1.82) is 0 Å². The molecule has 3 rings (SSSR count). The van der Waals surface area contributed by atoms with Gasteiger partial charge in [0, 0.05) is 6.42 Å². The van der Waals surface area contributed by atoms with Crippen LogP contribution in [0, 0.1) is 5.82 Å². The molecule has 1 fully saturated rings. The topological polar surface area (TPSA) is 82.1 Å². The quantitative estimate of drug-likeness (QED) is 0.887. The summed E-state index contributed by atoms with van der Waals surface area (Å²) < 4.78 is 27.4. The van der Waals surface area contributed by atoms with Gasteiger partial charge in [0.2, 0.25) is 0 Å². The number of H-pyrrole nitrogens is 1. The first-order valence-electron chi connectivity index (χ1n) is 6.47. The van der Waals surface area contributed by atoms with Crippen molar-refractivity contribution in [1.82, 2.24) is 20.1 Å². The van der Waals surface area contributed by atoms with Crippen LogP contribution in [0.1, 0.15) is 18.3 Å². The van der Waals surface area contributed by atoms with E-state index in [1.807, 2.05) is 0 Å². The summed E-state index contributed by atoms with van der Waals surface area (Å²) in [6.45, 7) is -0.221. The van der Waals surface area contributed by atoms with Gasteiger partial charge in [0.05, 0.1) is 23.2 Å². The molecule has 1 aliphatic heterocycles. The van der Waals surface area contributed by atoms with E-state index >= 15 is 0 Å². The van der Waals surface area contributed by atoms with Gasteiger partial charge < -0.3 is 5.11 Å². The van der Waals surface area contributed by atoms with E-state index in [4.69, 9.17) is 16.7 Å². The van der Waals surface area contributed by atoms with Crippen LogP contribution in [0.3, 0.4) is 0 Å². The van der Waals surface area contributed by atoms with Gasteiger partial charge in [-0.15, -0.1) is 0 Å². The van der Waals surface area contributed by atoms with Gasteiger partial charge in [-0.05, 0) is 12.1 Å². The molecule has 6 nitrogen and oxygen atoms in total.